The van der Waals surface area contributed by atoms with Crippen molar-refractivity contribution >= 4 is 27.9 Å². The van der Waals surface area contributed by atoms with E-state index in [1.54, 1.807) is 12.1 Å². The van der Waals surface area contributed by atoms with Crippen molar-refractivity contribution in [2.24, 2.45) is 5.41 Å². The second kappa shape index (κ2) is 6.04. The third kappa shape index (κ3) is 6.33. The van der Waals surface area contributed by atoms with Crippen LogP contribution in [0, 0.1) is 5.41 Å². The Balaban J connectivity index is 2.88. The Morgan fingerprint density at radius 3 is 2.60 bits per heavy atom. The molecule has 20 heavy (non-hydrogen) atoms. The van der Waals surface area contributed by atoms with E-state index in [-0.39, 0.29) is 17.0 Å². The number of rotatable bonds is 5. The van der Waals surface area contributed by atoms with E-state index in [4.69, 9.17) is 5.11 Å². The van der Waals surface area contributed by atoms with E-state index in [9.17, 15) is 13.2 Å². The van der Waals surface area contributed by atoms with E-state index in [2.05, 4.69) is 9.71 Å². The molecule has 0 saturated heterocycles. The van der Waals surface area contributed by atoms with Gasteiger partial charge in [0.05, 0.1) is 11.4 Å². The highest BCUT2D eigenvalue weighted by molar-refractivity contribution is 7.92. The summed E-state index contributed by atoms with van der Waals surface area (Å²) in [6, 6.07) is 4.70. The summed E-state index contributed by atoms with van der Waals surface area (Å²) in [5, 5.41) is 8.53. The normalized spacial score (nSPS) is 12.6. The van der Waals surface area contributed by atoms with Gasteiger partial charge in [-0.15, -0.1) is 0 Å². The Morgan fingerprint density at radius 2 is 2.05 bits per heavy atom. The van der Waals surface area contributed by atoms with Crippen LogP contribution in [0.2, 0.25) is 0 Å². The molecule has 0 aliphatic heterocycles. The highest BCUT2D eigenvalue weighted by Crippen LogP contribution is 2.18. The summed E-state index contributed by atoms with van der Waals surface area (Å²) in [5.41, 5.74) is -0.00418. The zero-order valence-corrected chi connectivity index (χ0v) is 12.4. The molecule has 0 atom stereocenters. The molecule has 0 bridgehead atoms. The summed E-state index contributed by atoms with van der Waals surface area (Å²) in [6.07, 6.45) is 2.24. The molecule has 7 heteroatoms. The summed E-state index contributed by atoms with van der Waals surface area (Å²) in [4.78, 5) is 14.4. The smallest absolute Gasteiger partial charge is 0.328 e. The first-order valence-electron chi connectivity index (χ1n) is 5.96. The van der Waals surface area contributed by atoms with Crippen LogP contribution >= 0.6 is 0 Å². The molecule has 0 saturated carbocycles. The first-order chi connectivity index (χ1) is 9.07. The summed E-state index contributed by atoms with van der Waals surface area (Å²) >= 11 is 0. The van der Waals surface area contributed by atoms with Crippen molar-refractivity contribution in [1.82, 2.24) is 4.98 Å². The summed E-state index contributed by atoms with van der Waals surface area (Å²) in [7, 11) is -3.49. The summed E-state index contributed by atoms with van der Waals surface area (Å²) in [5.74, 6) is -0.955. The van der Waals surface area contributed by atoms with Gasteiger partial charge in [-0.3, -0.25) is 4.72 Å². The minimum Gasteiger partial charge on any atom is -0.478 e. The summed E-state index contributed by atoms with van der Waals surface area (Å²) in [6.45, 7) is 5.48. The standard InChI is InChI=1S/C13H18N2O4S/c1-13(2,3)9-20(18,19)15-11-6-4-5-10(14-11)7-8-12(16)17/h4-8H,9H2,1-3H3,(H,14,15)(H,16,17). The van der Waals surface area contributed by atoms with Crippen molar-refractivity contribution in [3.05, 3.63) is 30.0 Å². The SMILES string of the molecule is CC(C)(C)CS(=O)(=O)Nc1cccc(C=CC(=O)O)n1. The van der Waals surface area contributed by atoms with E-state index in [0.717, 1.165) is 6.08 Å². The number of carboxylic acid groups (broad SMARTS) is 1. The average Bonchev–Trinajstić information content (AvgIpc) is 2.22. The lowest BCUT2D eigenvalue weighted by molar-refractivity contribution is -0.131. The molecule has 6 nitrogen and oxygen atoms in total. The van der Waals surface area contributed by atoms with Crippen molar-refractivity contribution in [3.63, 3.8) is 0 Å². The Labute approximate surface area is 118 Å². The minimum absolute atomic E-state index is 0.0309. The number of carbonyl (C=O) groups is 1. The number of hydrogen-bond donors (Lipinski definition) is 2. The third-order valence-corrected chi connectivity index (χ3v) is 3.82. The van der Waals surface area contributed by atoms with Crippen molar-refractivity contribution in [3.8, 4) is 0 Å². The maximum absolute atomic E-state index is 11.9. The molecule has 1 aromatic heterocycles. The Bertz CT molecular complexity index is 616. The number of aliphatic carboxylic acids is 1. The zero-order valence-electron chi connectivity index (χ0n) is 11.6. The molecule has 0 unspecified atom stereocenters. The maximum Gasteiger partial charge on any atom is 0.328 e. The van der Waals surface area contributed by atoms with E-state index in [0.29, 0.717) is 5.69 Å². The lowest BCUT2D eigenvalue weighted by atomic mass is 10.0. The number of sulfonamides is 1. The number of anilines is 1. The Morgan fingerprint density at radius 1 is 1.40 bits per heavy atom. The molecule has 0 aliphatic rings. The molecule has 1 aromatic rings. The molecule has 0 fully saturated rings. The molecule has 0 spiro atoms. The van der Waals surface area contributed by atoms with Crippen LogP contribution in [0.4, 0.5) is 5.82 Å². The molecule has 0 aliphatic carbocycles. The van der Waals surface area contributed by atoms with Gasteiger partial charge in [-0.2, -0.15) is 0 Å². The third-order valence-electron chi connectivity index (χ3n) is 2.05. The molecule has 0 amide bonds. The van der Waals surface area contributed by atoms with Crippen LogP contribution in [-0.4, -0.2) is 30.2 Å². The maximum atomic E-state index is 11.9. The lowest BCUT2D eigenvalue weighted by Crippen LogP contribution is -2.26. The quantitative estimate of drug-likeness (QED) is 0.810. The number of hydrogen-bond acceptors (Lipinski definition) is 4. The van der Waals surface area contributed by atoms with E-state index >= 15 is 0 Å². The van der Waals surface area contributed by atoms with Crippen molar-refractivity contribution in [2.75, 3.05) is 10.5 Å². The van der Waals surface area contributed by atoms with Gasteiger partial charge in [0.1, 0.15) is 5.82 Å². The number of nitrogens with zero attached hydrogens (tertiary/aromatic N) is 1. The zero-order chi connectivity index (χ0) is 15.4. The van der Waals surface area contributed by atoms with Gasteiger partial charge >= 0.3 is 5.97 Å². The van der Waals surface area contributed by atoms with Crippen LogP contribution in [0.3, 0.4) is 0 Å². The van der Waals surface area contributed by atoms with Crippen LogP contribution in [0.1, 0.15) is 26.5 Å². The van der Waals surface area contributed by atoms with E-state index < -0.39 is 16.0 Å². The monoisotopic (exact) mass is 298 g/mol. The largest absolute Gasteiger partial charge is 0.478 e. The second-order valence-electron chi connectivity index (χ2n) is 5.54. The Hall–Kier alpha value is -1.89. The van der Waals surface area contributed by atoms with Gasteiger partial charge < -0.3 is 5.11 Å². The molecule has 0 aromatic carbocycles. The molecule has 2 N–H and O–H groups in total. The number of pyridine rings is 1. The van der Waals surface area contributed by atoms with Crippen molar-refractivity contribution in [1.29, 1.82) is 0 Å². The van der Waals surface area contributed by atoms with Crippen molar-refractivity contribution in [2.45, 2.75) is 20.8 Å². The average molecular weight is 298 g/mol. The van der Waals surface area contributed by atoms with Crippen LogP contribution < -0.4 is 4.72 Å². The molecule has 1 heterocycles. The second-order valence-corrected chi connectivity index (χ2v) is 7.26. The van der Waals surface area contributed by atoms with Gasteiger partial charge in [0.25, 0.3) is 0 Å². The number of aromatic nitrogens is 1. The predicted octanol–water partition coefficient (Wildman–Crippen LogP) is 1.97. The highest BCUT2D eigenvalue weighted by Gasteiger charge is 2.21. The van der Waals surface area contributed by atoms with Gasteiger partial charge in [-0.1, -0.05) is 26.8 Å². The van der Waals surface area contributed by atoms with Gasteiger partial charge in [-0.25, -0.2) is 18.2 Å². The van der Waals surface area contributed by atoms with Gasteiger partial charge in [0, 0.05) is 6.08 Å². The van der Waals surface area contributed by atoms with Crippen molar-refractivity contribution < 1.29 is 18.3 Å². The van der Waals surface area contributed by atoms with E-state index in [1.807, 2.05) is 20.8 Å². The van der Waals surface area contributed by atoms with Crippen LogP contribution in [0.15, 0.2) is 24.3 Å². The lowest BCUT2D eigenvalue weighted by Gasteiger charge is -2.18. The molecule has 0 radical (unpaired) electrons. The number of nitrogens with one attached hydrogen (secondary N) is 1. The fraction of sp³-hybridized carbons (Fsp3) is 0.385. The van der Waals surface area contributed by atoms with Crippen LogP contribution in [-0.2, 0) is 14.8 Å². The fourth-order valence-corrected chi connectivity index (χ4v) is 3.17. The molecule has 110 valence electrons. The van der Waals surface area contributed by atoms with Gasteiger partial charge in [0.15, 0.2) is 0 Å². The summed E-state index contributed by atoms with van der Waals surface area (Å²) < 4.78 is 26.2. The van der Waals surface area contributed by atoms with Crippen LogP contribution in [0.25, 0.3) is 6.08 Å². The first kappa shape index (κ1) is 16.2. The molecule has 1 rings (SSSR count). The molecular weight excluding hydrogens is 280 g/mol. The first-order valence-corrected chi connectivity index (χ1v) is 7.61. The van der Waals surface area contributed by atoms with E-state index in [1.165, 1.54) is 12.1 Å². The fourth-order valence-electron chi connectivity index (χ4n) is 1.52. The van der Waals surface area contributed by atoms with Gasteiger partial charge in [0.2, 0.25) is 10.0 Å². The topological polar surface area (TPSA) is 96.4 Å². The number of carboxylic acids is 1. The highest BCUT2D eigenvalue weighted by atomic mass is 32.2. The van der Waals surface area contributed by atoms with Crippen LogP contribution in [0.5, 0.6) is 0 Å². The molecular formula is C13H18N2O4S. The minimum atomic E-state index is -3.49. The predicted molar refractivity (Wildman–Crippen MR) is 77.8 cm³/mol. The Kier molecular flexibility index (Phi) is 4.88. The van der Waals surface area contributed by atoms with Gasteiger partial charge in [-0.05, 0) is 23.6 Å².